The van der Waals surface area contributed by atoms with Crippen LogP contribution in [0, 0.1) is 0 Å². The number of ether oxygens (including phenoxy) is 1. The van der Waals surface area contributed by atoms with Gasteiger partial charge in [-0.05, 0) is 43.4 Å². The minimum Gasteiger partial charge on any atom is -0.491 e. The highest BCUT2D eigenvalue weighted by Gasteiger charge is 2.20. The summed E-state index contributed by atoms with van der Waals surface area (Å²) in [6, 6.07) is 5.75. The molecule has 1 aromatic carbocycles. The highest BCUT2D eigenvalue weighted by atomic mass is 16.5. The van der Waals surface area contributed by atoms with Crippen LogP contribution in [0.4, 0.5) is 0 Å². The standard InChI is InChI=1S/C13H18O3/c1-9(14)8-16-13-7-3-4-10-11(13)5-2-6-12(10)15/h3-4,7,9,12,14-15H,2,5-6,8H2,1H3. The maximum atomic E-state index is 9.86. The quantitative estimate of drug-likeness (QED) is 0.820. The van der Waals surface area contributed by atoms with Gasteiger partial charge in [0.1, 0.15) is 12.4 Å². The Morgan fingerprint density at radius 3 is 3.06 bits per heavy atom. The van der Waals surface area contributed by atoms with Crippen LogP contribution in [0.1, 0.15) is 37.0 Å². The molecule has 16 heavy (non-hydrogen) atoms. The van der Waals surface area contributed by atoms with Gasteiger partial charge in [-0.1, -0.05) is 12.1 Å². The molecule has 0 radical (unpaired) electrons. The number of aliphatic hydroxyl groups excluding tert-OH is 2. The summed E-state index contributed by atoms with van der Waals surface area (Å²) in [5.74, 6) is 0.803. The molecule has 1 aliphatic carbocycles. The van der Waals surface area contributed by atoms with E-state index in [0.717, 1.165) is 36.1 Å². The molecular formula is C13H18O3. The molecule has 2 N–H and O–H groups in total. The minimum atomic E-state index is -0.468. The van der Waals surface area contributed by atoms with Crippen LogP contribution in [0.15, 0.2) is 18.2 Å². The maximum Gasteiger partial charge on any atom is 0.122 e. The van der Waals surface area contributed by atoms with E-state index in [9.17, 15) is 10.2 Å². The van der Waals surface area contributed by atoms with Crippen molar-refractivity contribution in [2.45, 2.75) is 38.4 Å². The highest BCUT2D eigenvalue weighted by Crippen LogP contribution is 2.35. The molecule has 0 bridgehead atoms. The predicted octanol–water partition coefficient (Wildman–Crippen LogP) is 1.82. The van der Waals surface area contributed by atoms with Crippen molar-refractivity contribution in [2.24, 2.45) is 0 Å². The van der Waals surface area contributed by atoms with Crippen LogP contribution in [0.5, 0.6) is 5.75 Å². The first-order chi connectivity index (χ1) is 7.68. The Labute approximate surface area is 95.7 Å². The van der Waals surface area contributed by atoms with E-state index in [1.54, 1.807) is 6.92 Å². The molecule has 3 nitrogen and oxygen atoms in total. The van der Waals surface area contributed by atoms with E-state index in [4.69, 9.17) is 4.74 Å². The van der Waals surface area contributed by atoms with E-state index in [0.29, 0.717) is 6.61 Å². The summed E-state index contributed by atoms with van der Waals surface area (Å²) in [6.45, 7) is 2.00. The van der Waals surface area contributed by atoms with Gasteiger partial charge in [-0.25, -0.2) is 0 Å². The number of rotatable bonds is 3. The Morgan fingerprint density at radius 1 is 1.50 bits per heavy atom. The molecule has 0 heterocycles. The van der Waals surface area contributed by atoms with Gasteiger partial charge in [0.2, 0.25) is 0 Å². The number of aliphatic hydroxyl groups is 2. The molecule has 0 saturated heterocycles. The van der Waals surface area contributed by atoms with Crippen LogP contribution in [0.25, 0.3) is 0 Å². The highest BCUT2D eigenvalue weighted by molar-refractivity contribution is 5.42. The lowest BCUT2D eigenvalue weighted by Gasteiger charge is -2.23. The van der Waals surface area contributed by atoms with E-state index in [-0.39, 0.29) is 6.10 Å². The van der Waals surface area contributed by atoms with Gasteiger partial charge in [0.25, 0.3) is 0 Å². The van der Waals surface area contributed by atoms with Gasteiger partial charge < -0.3 is 14.9 Å². The van der Waals surface area contributed by atoms with Crippen LogP contribution in [0.2, 0.25) is 0 Å². The summed E-state index contributed by atoms with van der Waals surface area (Å²) < 4.78 is 5.55. The summed E-state index contributed by atoms with van der Waals surface area (Å²) in [4.78, 5) is 0. The molecule has 0 fully saturated rings. The number of hydrogen-bond acceptors (Lipinski definition) is 3. The molecule has 0 amide bonds. The number of hydrogen-bond donors (Lipinski definition) is 2. The van der Waals surface area contributed by atoms with Crippen molar-refractivity contribution in [2.75, 3.05) is 6.61 Å². The van der Waals surface area contributed by atoms with Gasteiger partial charge in [-0.2, -0.15) is 0 Å². The van der Waals surface area contributed by atoms with Crippen molar-refractivity contribution in [1.82, 2.24) is 0 Å². The van der Waals surface area contributed by atoms with Crippen LogP contribution < -0.4 is 4.74 Å². The van der Waals surface area contributed by atoms with Crippen molar-refractivity contribution in [3.05, 3.63) is 29.3 Å². The molecule has 88 valence electrons. The van der Waals surface area contributed by atoms with E-state index >= 15 is 0 Å². The molecule has 2 atom stereocenters. The van der Waals surface area contributed by atoms with Gasteiger partial charge in [0, 0.05) is 0 Å². The normalized spacial score (nSPS) is 21.3. The number of fused-ring (bicyclic) bond motifs is 1. The molecular weight excluding hydrogens is 204 g/mol. The van der Waals surface area contributed by atoms with E-state index in [1.807, 2.05) is 18.2 Å². The Kier molecular flexibility index (Phi) is 3.46. The molecule has 0 aromatic heterocycles. The third-order valence-electron chi connectivity index (χ3n) is 2.91. The van der Waals surface area contributed by atoms with Crippen molar-refractivity contribution in [3.8, 4) is 5.75 Å². The van der Waals surface area contributed by atoms with E-state index in [2.05, 4.69) is 0 Å². The molecule has 3 heteroatoms. The first-order valence-electron chi connectivity index (χ1n) is 5.79. The molecule has 0 spiro atoms. The zero-order valence-electron chi connectivity index (χ0n) is 9.52. The fourth-order valence-electron chi connectivity index (χ4n) is 2.14. The average molecular weight is 222 g/mol. The topological polar surface area (TPSA) is 49.7 Å². The third-order valence-corrected chi connectivity index (χ3v) is 2.91. The minimum absolute atomic E-state index is 0.298. The summed E-state index contributed by atoms with van der Waals surface area (Å²) in [5, 5.41) is 19.1. The van der Waals surface area contributed by atoms with Gasteiger partial charge in [0.15, 0.2) is 0 Å². The van der Waals surface area contributed by atoms with Crippen molar-refractivity contribution < 1.29 is 14.9 Å². The molecule has 0 saturated carbocycles. The summed E-state index contributed by atoms with van der Waals surface area (Å²) in [6.07, 6.45) is 1.93. The second-order valence-electron chi connectivity index (χ2n) is 4.39. The molecule has 2 rings (SSSR count). The smallest absolute Gasteiger partial charge is 0.122 e. The Hall–Kier alpha value is -1.06. The van der Waals surface area contributed by atoms with Crippen molar-refractivity contribution >= 4 is 0 Å². The van der Waals surface area contributed by atoms with E-state index < -0.39 is 6.10 Å². The summed E-state index contributed by atoms with van der Waals surface area (Å²) in [5.41, 5.74) is 2.08. The lowest BCUT2D eigenvalue weighted by molar-refractivity contribution is 0.120. The third kappa shape index (κ3) is 2.36. The van der Waals surface area contributed by atoms with E-state index in [1.165, 1.54) is 0 Å². The zero-order valence-corrected chi connectivity index (χ0v) is 9.52. The van der Waals surface area contributed by atoms with Gasteiger partial charge in [0.05, 0.1) is 12.2 Å². The zero-order chi connectivity index (χ0) is 11.5. The second kappa shape index (κ2) is 4.85. The maximum absolute atomic E-state index is 9.86. The van der Waals surface area contributed by atoms with Crippen LogP contribution in [0.3, 0.4) is 0 Å². The first-order valence-corrected chi connectivity index (χ1v) is 5.79. The summed E-state index contributed by atoms with van der Waals surface area (Å²) in [7, 11) is 0. The predicted molar refractivity (Wildman–Crippen MR) is 61.5 cm³/mol. The Balaban J connectivity index is 2.22. The molecule has 1 aromatic rings. The Morgan fingerprint density at radius 2 is 2.31 bits per heavy atom. The van der Waals surface area contributed by atoms with Crippen molar-refractivity contribution in [1.29, 1.82) is 0 Å². The lowest BCUT2D eigenvalue weighted by Crippen LogP contribution is -2.16. The lowest BCUT2D eigenvalue weighted by atomic mass is 9.89. The molecule has 1 aliphatic rings. The van der Waals surface area contributed by atoms with Crippen molar-refractivity contribution in [3.63, 3.8) is 0 Å². The number of benzene rings is 1. The average Bonchev–Trinajstić information content (AvgIpc) is 2.27. The van der Waals surface area contributed by atoms with Gasteiger partial charge in [-0.3, -0.25) is 0 Å². The molecule has 0 aliphatic heterocycles. The van der Waals surface area contributed by atoms with Gasteiger partial charge in [-0.15, -0.1) is 0 Å². The SMILES string of the molecule is CC(O)COc1cccc2c1CCCC2O. The second-order valence-corrected chi connectivity index (χ2v) is 4.39. The fraction of sp³-hybridized carbons (Fsp3) is 0.538. The molecule has 2 unspecified atom stereocenters. The van der Waals surface area contributed by atoms with Crippen LogP contribution in [-0.2, 0) is 6.42 Å². The van der Waals surface area contributed by atoms with Crippen LogP contribution >= 0.6 is 0 Å². The summed E-state index contributed by atoms with van der Waals surface area (Å²) >= 11 is 0. The first kappa shape index (κ1) is 11.4. The fourth-order valence-corrected chi connectivity index (χ4v) is 2.14. The Bertz CT molecular complexity index is 360. The van der Waals surface area contributed by atoms with Crippen LogP contribution in [-0.4, -0.2) is 22.9 Å². The van der Waals surface area contributed by atoms with Gasteiger partial charge >= 0.3 is 0 Å². The largest absolute Gasteiger partial charge is 0.491 e. The monoisotopic (exact) mass is 222 g/mol.